The van der Waals surface area contributed by atoms with Crippen molar-refractivity contribution in [2.75, 3.05) is 26.5 Å². The summed E-state index contributed by atoms with van der Waals surface area (Å²) in [7, 11) is 3.08. The van der Waals surface area contributed by atoms with E-state index in [1.54, 1.807) is 24.1 Å². The van der Waals surface area contributed by atoms with Crippen LogP contribution in [0.4, 0.5) is 4.39 Å². The predicted molar refractivity (Wildman–Crippen MR) is 80.6 cm³/mol. The topological polar surface area (TPSA) is 46.6 Å². The summed E-state index contributed by atoms with van der Waals surface area (Å²) in [5.41, 5.74) is 0. The number of benzene rings is 1. The molecule has 0 fully saturated rings. The Morgan fingerprint density at radius 3 is 2.52 bits per heavy atom. The van der Waals surface area contributed by atoms with Gasteiger partial charge in [-0.05, 0) is 30.7 Å². The first kappa shape index (κ1) is 17.5. The van der Waals surface area contributed by atoms with Gasteiger partial charge in [-0.1, -0.05) is 0 Å². The number of carbonyl (C=O) groups is 2. The second kappa shape index (κ2) is 9.39. The number of halogens is 1. The lowest BCUT2D eigenvalue weighted by atomic mass is 10.3. The van der Waals surface area contributed by atoms with E-state index in [9.17, 15) is 14.0 Å². The van der Waals surface area contributed by atoms with Gasteiger partial charge in [0, 0.05) is 37.1 Å². The lowest BCUT2D eigenvalue weighted by Crippen LogP contribution is -2.28. The van der Waals surface area contributed by atoms with Crippen molar-refractivity contribution in [1.82, 2.24) is 4.90 Å². The molecule has 1 aromatic carbocycles. The van der Waals surface area contributed by atoms with Crippen LogP contribution in [0, 0.1) is 5.82 Å². The molecule has 1 amide bonds. The summed E-state index contributed by atoms with van der Waals surface area (Å²) in [5, 5.41) is 0. The summed E-state index contributed by atoms with van der Waals surface area (Å²) in [5.74, 6) is 0.157. The lowest BCUT2D eigenvalue weighted by molar-refractivity contribution is -0.141. The van der Waals surface area contributed by atoms with Crippen LogP contribution in [0.1, 0.15) is 19.3 Å². The molecule has 0 aromatic heterocycles. The van der Waals surface area contributed by atoms with Gasteiger partial charge in [-0.15, -0.1) is 11.8 Å². The first-order valence-corrected chi connectivity index (χ1v) is 7.70. The van der Waals surface area contributed by atoms with Gasteiger partial charge < -0.3 is 9.64 Å². The van der Waals surface area contributed by atoms with Crippen molar-refractivity contribution in [3.63, 3.8) is 0 Å². The molecule has 0 spiro atoms. The number of hydrogen-bond donors (Lipinski definition) is 0. The molecule has 0 aliphatic heterocycles. The van der Waals surface area contributed by atoms with E-state index in [4.69, 9.17) is 0 Å². The Hall–Kier alpha value is -1.56. The average molecular weight is 313 g/mol. The van der Waals surface area contributed by atoms with E-state index in [1.165, 1.54) is 31.0 Å². The van der Waals surface area contributed by atoms with Gasteiger partial charge in [-0.3, -0.25) is 9.59 Å². The standard InChI is InChI=1S/C15H20FNO3S/c1-17(10-3-4-15(19)20-2)14(18)9-11-21-13-7-5-12(16)6-8-13/h5-8H,3-4,9-11H2,1-2H3. The second-order valence-corrected chi connectivity index (χ2v) is 5.72. The molecule has 6 heteroatoms. The quantitative estimate of drug-likeness (QED) is 0.547. The number of esters is 1. The molecule has 1 rings (SSSR count). The molecule has 0 saturated heterocycles. The monoisotopic (exact) mass is 313 g/mol. The predicted octanol–water partition coefficient (Wildman–Crippen LogP) is 2.72. The van der Waals surface area contributed by atoms with Crippen molar-refractivity contribution in [1.29, 1.82) is 0 Å². The Kier molecular flexibility index (Phi) is 7.82. The molecule has 0 atom stereocenters. The highest BCUT2D eigenvalue weighted by molar-refractivity contribution is 7.99. The van der Waals surface area contributed by atoms with E-state index in [0.29, 0.717) is 31.6 Å². The smallest absolute Gasteiger partial charge is 0.305 e. The maximum Gasteiger partial charge on any atom is 0.305 e. The van der Waals surface area contributed by atoms with Gasteiger partial charge in [0.15, 0.2) is 0 Å². The highest BCUT2D eigenvalue weighted by Gasteiger charge is 2.09. The summed E-state index contributed by atoms with van der Waals surface area (Å²) < 4.78 is 17.3. The maximum atomic E-state index is 12.7. The van der Waals surface area contributed by atoms with Crippen molar-refractivity contribution in [3.8, 4) is 0 Å². The normalized spacial score (nSPS) is 10.2. The number of ether oxygens (including phenoxy) is 1. The van der Waals surface area contributed by atoms with Crippen molar-refractivity contribution < 1.29 is 18.7 Å². The molecule has 1 aromatic rings. The fraction of sp³-hybridized carbons (Fsp3) is 0.467. The SMILES string of the molecule is COC(=O)CCCN(C)C(=O)CCSc1ccc(F)cc1. The van der Waals surface area contributed by atoms with Gasteiger partial charge in [0.25, 0.3) is 0 Å². The first-order valence-electron chi connectivity index (χ1n) is 6.72. The van der Waals surface area contributed by atoms with E-state index in [-0.39, 0.29) is 17.7 Å². The zero-order valence-corrected chi connectivity index (χ0v) is 13.1. The van der Waals surface area contributed by atoms with Crippen LogP contribution >= 0.6 is 11.8 Å². The van der Waals surface area contributed by atoms with E-state index >= 15 is 0 Å². The first-order chi connectivity index (χ1) is 10.0. The van der Waals surface area contributed by atoms with Crippen LogP contribution in [0.5, 0.6) is 0 Å². The van der Waals surface area contributed by atoms with Gasteiger partial charge in [-0.2, -0.15) is 0 Å². The third-order valence-corrected chi connectivity index (χ3v) is 3.94. The minimum atomic E-state index is -0.263. The molecule has 0 bridgehead atoms. The molecule has 0 N–H and O–H groups in total. The fourth-order valence-corrected chi connectivity index (χ4v) is 2.51. The molecule has 0 saturated carbocycles. The van der Waals surface area contributed by atoms with Gasteiger partial charge in [0.1, 0.15) is 5.82 Å². The van der Waals surface area contributed by atoms with Crippen LogP contribution < -0.4 is 0 Å². The van der Waals surface area contributed by atoms with Crippen LogP contribution in [0.3, 0.4) is 0 Å². The number of rotatable bonds is 8. The van der Waals surface area contributed by atoms with Gasteiger partial charge >= 0.3 is 5.97 Å². The molecule has 0 aliphatic carbocycles. The molecule has 0 radical (unpaired) electrons. The van der Waals surface area contributed by atoms with E-state index < -0.39 is 0 Å². The molecule has 0 heterocycles. The summed E-state index contributed by atoms with van der Waals surface area (Å²) in [6, 6.07) is 6.21. The van der Waals surface area contributed by atoms with Crippen LogP contribution in [0.15, 0.2) is 29.2 Å². The average Bonchev–Trinajstić information content (AvgIpc) is 2.48. The lowest BCUT2D eigenvalue weighted by Gasteiger charge is -2.16. The largest absolute Gasteiger partial charge is 0.469 e. The molecule has 0 aliphatic rings. The van der Waals surface area contributed by atoms with Gasteiger partial charge in [-0.25, -0.2) is 4.39 Å². The van der Waals surface area contributed by atoms with Crippen LogP contribution in [0.2, 0.25) is 0 Å². The van der Waals surface area contributed by atoms with Crippen molar-refractivity contribution >= 4 is 23.6 Å². The van der Waals surface area contributed by atoms with Crippen LogP contribution in [-0.2, 0) is 14.3 Å². The number of thioether (sulfide) groups is 1. The summed E-state index contributed by atoms with van der Waals surface area (Å²) >= 11 is 1.52. The van der Waals surface area contributed by atoms with Gasteiger partial charge in [0.2, 0.25) is 5.91 Å². The molecular weight excluding hydrogens is 293 g/mol. The second-order valence-electron chi connectivity index (χ2n) is 4.55. The van der Waals surface area contributed by atoms with E-state index in [2.05, 4.69) is 4.74 Å². The highest BCUT2D eigenvalue weighted by Crippen LogP contribution is 2.19. The number of amides is 1. The van der Waals surface area contributed by atoms with E-state index in [0.717, 1.165) is 4.90 Å². The van der Waals surface area contributed by atoms with Crippen molar-refractivity contribution in [2.45, 2.75) is 24.2 Å². The number of carbonyl (C=O) groups excluding carboxylic acids is 2. The van der Waals surface area contributed by atoms with Crippen LogP contribution in [0.25, 0.3) is 0 Å². The Morgan fingerprint density at radius 1 is 1.24 bits per heavy atom. The zero-order chi connectivity index (χ0) is 15.7. The molecule has 21 heavy (non-hydrogen) atoms. The third-order valence-electron chi connectivity index (χ3n) is 2.93. The Bertz CT molecular complexity index is 464. The zero-order valence-electron chi connectivity index (χ0n) is 12.3. The molecule has 0 unspecified atom stereocenters. The van der Waals surface area contributed by atoms with Crippen molar-refractivity contribution in [2.24, 2.45) is 0 Å². The van der Waals surface area contributed by atoms with Gasteiger partial charge in [0.05, 0.1) is 7.11 Å². The Labute approximate surface area is 128 Å². The summed E-state index contributed by atoms with van der Waals surface area (Å²) in [4.78, 5) is 25.4. The summed E-state index contributed by atoms with van der Waals surface area (Å²) in [6.45, 7) is 0.537. The Morgan fingerprint density at radius 2 is 1.90 bits per heavy atom. The third kappa shape index (κ3) is 7.13. The molecule has 4 nitrogen and oxygen atoms in total. The maximum absolute atomic E-state index is 12.7. The highest BCUT2D eigenvalue weighted by atomic mass is 32.2. The number of hydrogen-bond acceptors (Lipinski definition) is 4. The van der Waals surface area contributed by atoms with Crippen LogP contribution in [-0.4, -0.2) is 43.2 Å². The Balaban J connectivity index is 2.20. The minimum Gasteiger partial charge on any atom is -0.469 e. The number of nitrogens with zero attached hydrogens (tertiary/aromatic N) is 1. The minimum absolute atomic E-state index is 0.0366. The number of methoxy groups -OCH3 is 1. The summed E-state index contributed by atoms with van der Waals surface area (Å²) in [6.07, 6.45) is 1.33. The van der Waals surface area contributed by atoms with Crippen molar-refractivity contribution in [3.05, 3.63) is 30.1 Å². The van der Waals surface area contributed by atoms with E-state index in [1.807, 2.05) is 0 Å². The molecular formula is C15H20FNO3S. The fourth-order valence-electron chi connectivity index (χ4n) is 1.67. The molecule has 116 valence electrons.